The first kappa shape index (κ1) is 14.2. The van der Waals surface area contributed by atoms with Gasteiger partial charge in [-0.15, -0.1) is 6.58 Å². The molecule has 1 unspecified atom stereocenters. The topological polar surface area (TPSA) is 46.3 Å². The number of hydrogen-bond donors (Lipinski definition) is 1. The summed E-state index contributed by atoms with van der Waals surface area (Å²) >= 11 is 0. The normalized spacial score (nSPS) is 14.4. The Hall–Kier alpha value is -0.830. The Morgan fingerprint density at radius 1 is 1.60 bits per heavy atom. The Kier molecular flexibility index (Phi) is 6.25. The molecule has 0 fully saturated rings. The van der Waals surface area contributed by atoms with E-state index in [0.29, 0.717) is 0 Å². The molecule has 0 saturated heterocycles. The van der Waals surface area contributed by atoms with Gasteiger partial charge in [0.1, 0.15) is 0 Å². The second-order valence-electron chi connectivity index (χ2n) is 4.33. The fourth-order valence-electron chi connectivity index (χ4n) is 1.64. The predicted octanol–water partition coefficient (Wildman–Crippen LogP) is 1.93. The van der Waals surface area contributed by atoms with E-state index in [4.69, 9.17) is 5.73 Å². The van der Waals surface area contributed by atoms with Crippen LogP contribution in [0.4, 0.5) is 0 Å². The summed E-state index contributed by atoms with van der Waals surface area (Å²) in [4.78, 5) is 13.6. The highest BCUT2D eigenvalue weighted by Gasteiger charge is 2.29. The van der Waals surface area contributed by atoms with Crippen molar-refractivity contribution in [2.24, 2.45) is 5.73 Å². The standard InChI is InChI=1S/C12H24N2O/c1-5-7-8-10-14(4)11(15)12(3,13)9-6-2/h5H,1,6-10,13H2,2-4H3. The van der Waals surface area contributed by atoms with E-state index in [1.807, 2.05) is 27.0 Å². The average Bonchev–Trinajstić information content (AvgIpc) is 2.16. The summed E-state index contributed by atoms with van der Waals surface area (Å²) in [6.07, 6.45) is 5.42. The van der Waals surface area contributed by atoms with Crippen molar-refractivity contribution in [3.63, 3.8) is 0 Å². The van der Waals surface area contributed by atoms with Gasteiger partial charge in [0.05, 0.1) is 5.54 Å². The minimum absolute atomic E-state index is 0.0356. The fraction of sp³-hybridized carbons (Fsp3) is 0.750. The predicted molar refractivity (Wildman–Crippen MR) is 64.6 cm³/mol. The second-order valence-corrected chi connectivity index (χ2v) is 4.33. The molecule has 88 valence electrons. The summed E-state index contributed by atoms with van der Waals surface area (Å²) in [6, 6.07) is 0. The molecule has 0 heterocycles. The fourth-order valence-corrected chi connectivity index (χ4v) is 1.64. The first-order chi connectivity index (χ1) is 6.95. The lowest BCUT2D eigenvalue weighted by Crippen LogP contribution is -2.52. The van der Waals surface area contributed by atoms with Gasteiger partial charge in [-0.1, -0.05) is 19.4 Å². The zero-order valence-corrected chi connectivity index (χ0v) is 10.3. The molecular formula is C12H24N2O. The summed E-state index contributed by atoms with van der Waals surface area (Å²) in [7, 11) is 1.81. The number of allylic oxidation sites excluding steroid dienone is 1. The summed E-state index contributed by atoms with van der Waals surface area (Å²) in [6.45, 7) is 8.25. The first-order valence-electron chi connectivity index (χ1n) is 5.61. The van der Waals surface area contributed by atoms with Crippen LogP contribution in [0.5, 0.6) is 0 Å². The molecule has 1 atom stereocenters. The second kappa shape index (κ2) is 6.62. The van der Waals surface area contributed by atoms with Crippen LogP contribution in [0.2, 0.25) is 0 Å². The van der Waals surface area contributed by atoms with Crippen molar-refractivity contribution in [2.45, 2.75) is 45.1 Å². The zero-order valence-electron chi connectivity index (χ0n) is 10.3. The molecule has 0 aromatic heterocycles. The molecule has 0 spiro atoms. The van der Waals surface area contributed by atoms with Crippen molar-refractivity contribution in [1.29, 1.82) is 0 Å². The van der Waals surface area contributed by atoms with E-state index in [1.54, 1.807) is 4.90 Å². The molecule has 0 aromatic rings. The zero-order chi connectivity index (χ0) is 11.9. The van der Waals surface area contributed by atoms with Crippen molar-refractivity contribution in [1.82, 2.24) is 4.90 Å². The van der Waals surface area contributed by atoms with Gasteiger partial charge >= 0.3 is 0 Å². The quantitative estimate of drug-likeness (QED) is 0.518. The number of carbonyl (C=O) groups excluding carboxylic acids is 1. The van der Waals surface area contributed by atoms with E-state index >= 15 is 0 Å². The SMILES string of the molecule is C=CCCCN(C)C(=O)C(C)(N)CCC. The number of rotatable bonds is 7. The molecule has 0 aliphatic carbocycles. The van der Waals surface area contributed by atoms with Crippen molar-refractivity contribution >= 4 is 5.91 Å². The molecule has 3 heteroatoms. The van der Waals surface area contributed by atoms with E-state index in [0.717, 1.165) is 32.2 Å². The third-order valence-electron chi connectivity index (χ3n) is 2.51. The van der Waals surface area contributed by atoms with Gasteiger partial charge in [-0.25, -0.2) is 0 Å². The van der Waals surface area contributed by atoms with Gasteiger partial charge in [-0.2, -0.15) is 0 Å². The third kappa shape index (κ3) is 4.98. The molecule has 1 amide bonds. The lowest BCUT2D eigenvalue weighted by Gasteiger charge is -2.28. The van der Waals surface area contributed by atoms with Crippen LogP contribution in [-0.4, -0.2) is 29.9 Å². The van der Waals surface area contributed by atoms with Crippen molar-refractivity contribution in [3.05, 3.63) is 12.7 Å². The smallest absolute Gasteiger partial charge is 0.242 e. The lowest BCUT2D eigenvalue weighted by atomic mass is 9.96. The van der Waals surface area contributed by atoms with Gasteiger partial charge in [0.2, 0.25) is 5.91 Å². The van der Waals surface area contributed by atoms with E-state index in [2.05, 4.69) is 6.58 Å². The van der Waals surface area contributed by atoms with Gasteiger partial charge in [0.25, 0.3) is 0 Å². The highest BCUT2D eigenvalue weighted by molar-refractivity contribution is 5.85. The first-order valence-corrected chi connectivity index (χ1v) is 5.61. The monoisotopic (exact) mass is 212 g/mol. The molecule has 2 N–H and O–H groups in total. The number of unbranched alkanes of at least 4 members (excludes halogenated alkanes) is 1. The molecule has 0 aliphatic rings. The number of nitrogens with zero attached hydrogens (tertiary/aromatic N) is 1. The van der Waals surface area contributed by atoms with Crippen LogP contribution in [0, 0.1) is 0 Å². The highest BCUT2D eigenvalue weighted by atomic mass is 16.2. The van der Waals surface area contributed by atoms with E-state index in [9.17, 15) is 4.79 Å². The molecule has 0 aromatic carbocycles. The molecule has 0 rings (SSSR count). The molecule has 0 bridgehead atoms. The van der Waals surface area contributed by atoms with Crippen LogP contribution < -0.4 is 5.73 Å². The van der Waals surface area contributed by atoms with Gasteiger partial charge in [-0.3, -0.25) is 4.79 Å². The molecule has 0 aliphatic heterocycles. The Morgan fingerprint density at radius 3 is 2.67 bits per heavy atom. The van der Waals surface area contributed by atoms with Crippen LogP contribution in [0.15, 0.2) is 12.7 Å². The van der Waals surface area contributed by atoms with Crippen molar-refractivity contribution in [2.75, 3.05) is 13.6 Å². The average molecular weight is 212 g/mol. The van der Waals surface area contributed by atoms with E-state index in [1.165, 1.54) is 0 Å². The minimum atomic E-state index is -0.711. The van der Waals surface area contributed by atoms with Crippen LogP contribution in [0.1, 0.15) is 39.5 Å². The minimum Gasteiger partial charge on any atom is -0.344 e. The largest absolute Gasteiger partial charge is 0.344 e. The maximum Gasteiger partial charge on any atom is 0.242 e. The van der Waals surface area contributed by atoms with Crippen molar-refractivity contribution in [3.8, 4) is 0 Å². The van der Waals surface area contributed by atoms with E-state index in [-0.39, 0.29) is 5.91 Å². The van der Waals surface area contributed by atoms with Gasteiger partial charge in [0.15, 0.2) is 0 Å². The van der Waals surface area contributed by atoms with Crippen LogP contribution in [0.3, 0.4) is 0 Å². The molecule has 15 heavy (non-hydrogen) atoms. The Bertz CT molecular complexity index is 212. The van der Waals surface area contributed by atoms with Crippen LogP contribution >= 0.6 is 0 Å². The Balaban J connectivity index is 4.11. The lowest BCUT2D eigenvalue weighted by molar-refractivity contribution is -0.135. The Morgan fingerprint density at radius 2 is 2.20 bits per heavy atom. The molecule has 3 nitrogen and oxygen atoms in total. The van der Waals surface area contributed by atoms with Gasteiger partial charge in [0, 0.05) is 13.6 Å². The van der Waals surface area contributed by atoms with Gasteiger partial charge in [-0.05, 0) is 26.2 Å². The van der Waals surface area contributed by atoms with Gasteiger partial charge < -0.3 is 10.6 Å². The van der Waals surface area contributed by atoms with Crippen LogP contribution in [0.25, 0.3) is 0 Å². The number of hydrogen-bond acceptors (Lipinski definition) is 2. The summed E-state index contributed by atoms with van der Waals surface area (Å²) in [5.41, 5.74) is 5.25. The number of carbonyl (C=O) groups is 1. The Labute approximate surface area is 93.3 Å². The van der Waals surface area contributed by atoms with E-state index < -0.39 is 5.54 Å². The number of amides is 1. The molecular weight excluding hydrogens is 188 g/mol. The molecule has 0 radical (unpaired) electrons. The summed E-state index contributed by atoms with van der Waals surface area (Å²) < 4.78 is 0. The van der Waals surface area contributed by atoms with Crippen LogP contribution in [-0.2, 0) is 4.79 Å². The molecule has 0 saturated carbocycles. The number of nitrogens with two attached hydrogens (primary N) is 1. The highest BCUT2D eigenvalue weighted by Crippen LogP contribution is 2.12. The third-order valence-corrected chi connectivity index (χ3v) is 2.51. The number of likely N-dealkylation sites (N-methyl/N-ethyl adjacent to an activating group) is 1. The van der Waals surface area contributed by atoms with Crippen molar-refractivity contribution < 1.29 is 4.79 Å². The summed E-state index contributed by atoms with van der Waals surface area (Å²) in [5.74, 6) is 0.0356. The maximum absolute atomic E-state index is 11.9. The maximum atomic E-state index is 11.9. The summed E-state index contributed by atoms with van der Waals surface area (Å²) in [5, 5.41) is 0.